The molecule has 1 N–H and O–H groups in total. The SMILES string of the molecule is C=CCCN(/N=C/C=C/C)/C(=C/C)CCNC.C=CCCl. The lowest BCUT2D eigenvalue weighted by atomic mass is 10.2. The highest BCUT2D eigenvalue weighted by Crippen LogP contribution is 2.10. The van der Waals surface area contributed by atoms with Crippen molar-refractivity contribution in [3.8, 4) is 0 Å². The van der Waals surface area contributed by atoms with E-state index >= 15 is 0 Å². The maximum absolute atomic E-state index is 5.07. The minimum Gasteiger partial charge on any atom is -0.319 e. The summed E-state index contributed by atoms with van der Waals surface area (Å²) in [5.74, 6) is 0.556. The van der Waals surface area contributed by atoms with E-state index < -0.39 is 0 Å². The van der Waals surface area contributed by atoms with Crippen LogP contribution in [0.4, 0.5) is 0 Å². The van der Waals surface area contributed by atoms with Crippen LogP contribution in [-0.2, 0) is 0 Å². The first-order chi connectivity index (χ1) is 10.2. The summed E-state index contributed by atoms with van der Waals surface area (Å²) in [6.07, 6.45) is 13.3. The van der Waals surface area contributed by atoms with Crippen LogP contribution in [-0.4, -0.2) is 37.2 Å². The Morgan fingerprint density at radius 1 is 1.29 bits per heavy atom. The number of nitrogens with zero attached hydrogens (tertiary/aromatic N) is 2. The molecule has 3 nitrogen and oxygen atoms in total. The van der Waals surface area contributed by atoms with Gasteiger partial charge in [0, 0.05) is 37.3 Å². The van der Waals surface area contributed by atoms with Gasteiger partial charge in [0.1, 0.15) is 0 Å². The normalized spacial score (nSPS) is 11.3. The van der Waals surface area contributed by atoms with E-state index in [0.29, 0.717) is 5.88 Å². The summed E-state index contributed by atoms with van der Waals surface area (Å²) in [5.41, 5.74) is 1.24. The molecule has 0 saturated heterocycles. The third kappa shape index (κ3) is 14.9. The van der Waals surface area contributed by atoms with Gasteiger partial charge in [0.25, 0.3) is 0 Å². The van der Waals surface area contributed by atoms with E-state index in [-0.39, 0.29) is 0 Å². The minimum atomic E-state index is 0.556. The van der Waals surface area contributed by atoms with Gasteiger partial charge in [-0.15, -0.1) is 24.8 Å². The molecule has 0 aromatic rings. The molecule has 21 heavy (non-hydrogen) atoms. The Morgan fingerprint density at radius 3 is 2.38 bits per heavy atom. The van der Waals surface area contributed by atoms with Crippen LogP contribution in [0.3, 0.4) is 0 Å². The summed E-state index contributed by atoms with van der Waals surface area (Å²) in [6.45, 7) is 13.0. The Labute approximate surface area is 135 Å². The highest BCUT2D eigenvalue weighted by atomic mass is 35.5. The van der Waals surface area contributed by atoms with Crippen LogP contribution in [0.5, 0.6) is 0 Å². The topological polar surface area (TPSA) is 27.6 Å². The Bertz CT molecular complexity index is 333. The average molecular weight is 312 g/mol. The average Bonchev–Trinajstić information content (AvgIpc) is 2.52. The monoisotopic (exact) mass is 311 g/mol. The Hall–Kier alpha value is -1.32. The number of hydrazone groups is 1. The molecule has 0 unspecified atom stereocenters. The van der Waals surface area contributed by atoms with Gasteiger partial charge in [-0.2, -0.15) is 5.10 Å². The van der Waals surface area contributed by atoms with Gasteiger partial charge < -0.3 is 5.32 Å². The molecule has 120 valence electrons. The summed E-state index contributed by atoms with van der Waals surface area (Å²) in [6, 6.07) is 0. The molecule has 4 heteroatoms. The van der Waals surface area contributed by atoms with Gasteiger partial charge in [-0.25, -0.2) is 0 Å². The number of nitrogens with one attached hydrogen (secondary N) is 1. The van der Waals surface area contributed by atoms with Crippen molar-refractivity contribution in [3.63, 3.8) is 0 Å². The van der Waals surface area contributed by atoms with Crippen molar-refractivity contribution in [1.82, 2.24) is 10.3 Å². The summed E-state index contributed by atoms with van der Waals surface area (Å²) >= 11 is 5.07. The molecule has 0 saturated carbocycles. The lowest BCUT2D eigenvalue weighted by molar-refractivity contribution is 0.357. The zero-order valence-corrected chi connectivity index (χ0v) is 14.4. The molecule has 0 aliphatic heterocycles. The number of rotatable bonds is 10. The van der Waals surface area contributed by atoms with E-state index in [1.807, 2.05) is 43.4 Å². The maximum atomic E-state index is 5.07. The van der Waals surface area contributed by atoms with E-state index in [4.69, 9.17) is 11.6 Å². The van der Waals surface area contributed by atoms with E-state index in [1.54, 1.807) is 6.08 Å². The van der Waals surface area contributed by atoms with Crippen molar-refractivity contribution < 1.29 is 0 Å². The second-order valence-electron chi connectivity index (χ2n) is 4.07. The second kappa shape index (κ2) is 18.7. The number of hydrogen-bond donors (Lipinski definition) is 1. The van der Waals surface area contributed by atoms with Gasteiger partial charge in [0.2, 0.25) is 0 Å². The molecular formula is C17H30ClN3. The van der Waals surface area contributed by atoms with Gasteiger partial charge in [-0.05, 0) is 33.4 Å². The Kier molecular flexibility index (Phi) is 19.5. The van der Waals surface area contributed by atoms with Crippen molar-refractivity contribution in [2.45, 2.75) is 26.7 Å². The zero-order valence-electron chi connectivity index (χ0n) is 13.7. The zero-order chi connectivity index (χ0) is 16.3. The Balaban J connectivity index is 0. The van der Waals surface area contributed by atoms with Crippen molar-refractivity contribution in [2.75, 3.05) is 26.0 Å². The van der Waals surface area contributed by atoms with Crippen molar-refractivity contribution in [2.24, 2.45) is 5.10 Å². The van der Waals surface area contributed by atoms with Gasteiger partial charge >= 0.3 is 0 Å². The summed E-state index contributed by atoms with van der Waals surface area (Å²) < 4.78 is 0. The molecule has 0 aromatic carbocycles. The first-order valence-electron chi connectivity index (χ1n) is 7.22. The van der Waals surface area contributed by atoms with Gasteiger partial charge in [-0.1, -0.05) is 24.3 Å². The summed E-state index contributed by atoms with van der Waals surface area (Å²) in [7, 11) is 1.96. The second-order valence-corrected chi connectivity index (χ2v) is 4.38. The van der Waals surface area contributed by atoms with Gasteiger partial charge in [0.15, 0.2) is 0 Å². The first kappa shape index (κ1) is 22.0. The molecule has 0 amide bonds. The molecule has 0 bridgehead atoms. The van der Waals surface area contributed by atoms with Crippen LogP contribution in [0.15, 0.2) is 54.3 Å². The standard InChI is InChI=1S/C14H25N3.C3H5Cl/c1-5-8-11-16-17(13-9-6-2)14(7-3)10-12-15-4;1-2-3-4/h5-8,11,15H,2,9-10,12-13H2,1,3-4H3;2H,1,3H2/b8-5+,14-7+,16-11+;. The van der Waals surface area contributed by atoms with Gasteiger partial charge in [0.05, 0.1) is 0 Å². The molecule has 0 spiro atoms. The third-order valence-corrected chi connectivity index (χ3v) is 2.65. The largest absolute Gasteiger partial charge is 0.319 e. The molecule has 0 rings (SSSR count). The van der Waals surface area contributed by atoms with Crippen molar-refractivity contribution in [3.05, 3.63) is 49.2 Å². The highest BCUT2D eigenvalue weighted by Gasteiger charge is 2.05. The highest BCUT2D eigenvalue weighted by molar-refractivity contribution is 6.18. The van der Waals surface area contributed by atoms with Crippen molar-refractivity contribution >= 4 is 17.8 Å². The predicted octanol–water partition coefficient (Wildman–Crippen LogP) is 4.35. The predicted molar refractivity (Wildman–Crippen MR) is 98.0 cm³/mol. The first-order valence-corrected chi connectivity index (χ1v) is 7.75. The van der Waals surface area contributed by atoms with E-state index in [1.165, 1.54) is 5.70 Å². The van der Waals surface area contributed by atoms with E-state index in [0.717, 1.165) is 25.9 Å². The summed E-state index contributed by atoms with van der Waals surface area (Å²) in [5, 5.41) is 9.65. The lowest BCUT2D eigenvalue weighted by Gasteiger charge is -2.21. The minimum absolute atomic E-state index is 0.556. The van der Waals surface area contributed by atoms with Gasteiger partial charge in [-0.3, -0.25) is 5.01 Å². The van der Waals surface area contributed by atoms with Crippen LogP contribution in [0, 0.1) is 0 Å². The van der Waals surface area contributed by atoms with Crippen LogP contribution >= 0.6 is 11.6 Å². The molecule has 0 fully saturated rings. The smallest absolute Gasteiger partial charge is 0.0471 e. The fourth-order valence-electron chi connectivity index (χ4n) is 1.37. The number of alkyl halides is 1. The number of halogens is 1. The fraction of sp³-hybridized carbons (Fsp3) is 0.471. The molecule has 0 atom stereocenters. The molecule has 0 aromatic heterocycles. The third-order valence-electron chi connectivity index (χ3n) is 2.43. The van der Waals surface area contributed by atoms with Crippen LogP contribution < -0.4 is 5.32 Å². The molecule has 0 aliphatic carbocycles. The van der Waals surface area contributed by atoms with E-state index in [2.05, 4.69) is 36.6 Å². The Morgan fingerprint density at radius 2 is 1.95 bits per heavy atom. The van der Waals surface area contributed by atoms with Crippen LogP contribution in [0.25, 0.3) is 0 Å². The number of hydrogen-bond acceptors (Lipinski definition) is 3. The molecule has 0 radical (unpaired) electrons. The molecule has 0 aliphatic rings. The summed E-state index contributed by atoms with van der Waals surface area (Å²) in [4.78, 5) is 0. The number of allylic oxidation sites excluding steroid dienone is 4. The maximum Gasteiger partial charge on any atom is 0.0471 e. The molecule has 0 heterocycles. The molecular weight excluding hydrogens is 282 g/mol. The van der Waals surface area contributed by atoms with E-state index in [9.17, 15) is 0 Å². The fourth-order valence-corrected chi connectivity index (χ4v) is 1.37. The van der Waals surface area contributed by atoms with Crippen LogP contribution in [0.1, 0.15) is 26.7 Å². The van der Waals surface area contributed by atoms with Crippen molar-refractivity contribution in [1.29, 1.82) is 0 Å². The van der Waals surface area contributed by atoms with Crippen LogP contribution in [0.2, 0.25) is 0 Å². The quantitative estimate of drug-likeness (QED) is 0.281. The lowest BCUT2D eigenvalue weighted by Crippen LogP contribution is -2.21.